The zero-order chi connectivity index (χ0) is 31.3. The first kappa shape index (κ1) is 36.8. The van der Waals surface area contributed by atoms with Gasteiger partial charge in [0.1, 0.15) is 6.04 Å². The molecule has 42 heavy (non-hydrogen) atoms. The van der Waals surface area contributed by atoms with Gasteiger partial charge in [0, 0.05) is 40.0 Å². The van der Waals surface area contributed by atoms with Crippen molar-refractivity contribution in [2.45, 2.75) is 92.3 Å². The molecule has 0 spiro atoms. The van der Waals surface area contributed by atoms with Crippen LogP contribution in [0.25, 0.3) is 0 Å². The number of carbonyl (C=O) groups is 4. The van der Waals surface area contributed by atoms with Crippen molar-refractivity contribution in [2.24, 2.45) is 11.5 Å². The Hall–Kier alpha value is -1.43. The molecule has 16 heteroatoms. The number of thioether (sulfide) groups is 1. The number of hydrogen-bond acceptors (Lipinski definition) is 11. The maximum atomic E-state index is 12.5. The predicted octanol–water partition coefficient (Wildman–Crippen LogP) is 0.656. The summed E-state index contributed by atoms with van der Waals surface area (Å²) in [7, 11) is 2.64. The second-order valence-corrected chi connectivity index (χ2v) is 16.1. The number of aliphatic carboxylic acids is 1. The Balaban J connectivity index is 1.43. The molecule has 0 aliphatic carbocycles. The largest absolute Gasteiger partial charge is 0.480 e. The van der Waals surface area contributed by atoms with Gasteiger partial charge in [0.2, 0.25) is 11.8 Å². The van der Waals surface area contributed by atoms with Crippen molar-refractivity contribution in [3.63, 3.8) is 0 Å². The number of hydrogen-bond donors (Lipinski definition) is 7. The molecule has 2 heterocycles. The van der Waals surface area contributed by atoms with Gasteiger partial charge in [0.25, 0.3) is 0 Å². The third-order valence-electron chi connectivity index (χ3n) is 7.08. The van der Waals surface area contributed by atoms with Gasteiger partial charge in [-0.2, -0.15) is 11.8 Å². The van der Waals surface area contributed by atoms with Crippen molar-refractivity contribution in [1.82, 2.24) is 21.3 Å². The van der Waals surface area contributed by atoms with Crippen molar-refractivity contribution in [3.8, 4) is 0 Å². The fraction of sp³-hybridized carbons (Fsp3) is 0.846. The number of ether oxygens (including phenoxy) is 2. The summed E-state index contributed by atoms with van der Waals surface area (Å²) in [5, 5.41) is 21.1. The summed E-state index contributed by atoms with van der Waals surface area (Å²) >= 11 is 1.88. The molecule has 0 radical (unpaired) electrons. The average Bonchev–Trinajstić information content (AvgIpc) is 3.49. The van der Waals surface area contributed by atoms with Crippen LogP contribution < -0.4 is 32.7 Å². The number of carboxylic acid groups (broad SMARTS) is 1. The highest BCUT2D eigenvalue weighted by molar-refractivity contribution is 8.77. The Kier molecular flexibility index (Phi) is 15.5. The van der Waals surface area contributed by atoms with Crippen LogP contribution in [-0.2, 0) is 23.9 Å². The van der Waals surface area contributed by atoms with Crippen LogP contribution in [0.15, 0.2) is 0 Å². The molecule has 2 rings (SSSR count). The molecule has 5 atom stereocenters. The Morgan fingerprint density at radius 3 is 2.19 bits per heavy atom. The first-order valence-electron chi connectivity index (χ1n) is 14.2. The smallest absolute Gasteiger partial charge is 0.321 e. The molecular weight excluding hydrogens is 605 g/mol. The minimum Gasteiger partial charge on any atom is -0.480 e. The topological polar surface area (TPSA) is 207 Å². The minimum atomic E-state index is -1.08. The molecule has 1 unspecified atom stereocenters. The van der Waals surface area contributed by atoms with Crippen LogP contribution in [0.3, 0.4) is 0 Å². The van der Waals surface area contributed by atoms with Gasteiger partial charge in [-0.25, -0.2) is 4.79 Å². The lowest BCUT2D eigenvalue weighted by molar-refractivity contribution is -0.139. The fourth-order valence-electron chi connectivity index (χ4n) is 4.23. The van der Waals surface area contributed by atoms with Gasteiger partial charge >= 0.3 is 12.0 Å². The van der Waals surface area contributed by atoms with Crippen LogP contribution in [0.5, 0.6) is 0 Å². The number of nitrogens with two attached hydrogens (primary N) is 2. The van der Waals surface area contributed by atoms with E-state index in [4.69, 9.17) is 20.9 Å². The zero-order valence-electron chi connectivity index (χ0n) is 24.9. The lowest BCUT2D eigenvalue weighted by Crippen LogP contribution is -2.53. The summed E-state index contributed by atoms with van der Waals surface area (Å²) in [6, 6.07) is -1.52. The fourth-order valence-corrected chi connectivity index (χ4v) is 8.53. The average molecular weight is 653 g/mol. The van der Waals surface area contributed by atoms with Crippen molar-refractivity contribution in [3.05, 3.63) is 0 Å². The van der Waals surface area contributed by atoms with E-state index in [2.05, 4.69) is 21.3 Å². The van der Waals surface area contributed by atoms with Gasteiger partial charge in [-0.1, -0.05) is 28.0 Å². The van der Waals surface area contributed by atoms with Crippen LogP contribution in [0.4, 0.5) is 4.79 Å². The molecule has 0 bridgehead atoms. The maximum absolute atomic E-state index is 12.5. The number of unbranched alkanes of at least 4 members (excludes halogenated alkanes) is 1. The van der Waals surface area contributed by atoms with Crippen molar-refractivity contribution in [2.75, 3.05) is 45.3 Å². The molecule has 0 aromatic rings. The van der Waals surface area contributed by atoms with E-state index in [1.54, 1.807) is 13.8 Å². The van der Waals surface area contributed by atoms with Crippen LogP contribution >= 0.6 is 33.3 Å². The SMILES string of the molecule is CC(C)(SSC(C)(C)[C@@H](N)C(=O)NCCOCCOCCNC(=O)CCCCC1SC[C@H]2NC(=O)N[C@@H]12)[C@H](N)C(=O)O. The molecule has 9 N–H and O–H groups in total. The van der Waals surface area contributed by atoms with E-state index in [1.807, 2.05) is 25.6 Å². The first-order chi connectivity index (χ1) is 19.7. The second-order valence-electron chi connectivity index (χ2n) is 11.4. The number of carbonyl (C=O) groups excluding carboxylic acids is 3. The Bertz CT molecular complexity index is 914. The lowest BCUT2D eigenvalue weighted by atomic mass is 10.0. The van der Waals surface area contributed by atoms with E-state index in [9.17, 15) is 24.3 Å². The Morgan fingerprint density at radius 1 is 0.976 bits per heavy atom. The summed E-state index contributed by atoms with van der Waals surface area (Å²) in [6.07, 6.45) is 3.22. The summed E-state index contributed by atoms with van der Waals surface area (Å²) < 4.78 is 9.55. The number of urea groups is 1. The van der Waals surface area contributed by atoms with Crippen LogP contribution in [0.2, 0.25) is 0 Å². The third-order valence-corrected chi connectivity index (χ3v) is 12.9. The molecule has 2 aliphatic heterocycles. The van der Waals surface area contributed by atoms with Gasteiger partial charge in [-0.15, -0.1) is 0 Å². The van der Waals surface area contributed by atoms with Gasteiger partial charge < -0.3 is 47.3 Å². The van der Waals surface area contributed by atoms with Gasteiger partial charge in [0.05, 0.1) is 44.6 Å². The molecule has 2 fully saturated rings. The number of carboxylic acids is 1. The molecule has 13 nitrogen and oxygen atoms in total. The van der Waals surface area contributed by atoms with Crippen molar-refractivity contribution in [1.29, 1.82) is 0 Å². The van der Waals surface area contributed by atoms with E-state index >= 15 is 0 Å². The second kappa shape index (κ2) is 17.8. The van der Waals surface area contributed by atoms with Crippen LogP contribution in [0.1, 0.15) is 53.4 Å². The monoisotopic (exact) mass is 652 g/mol. The molecule has 242 valence electrons. The Morgan fingerprint density at radius 2 is 1.57 bits per heavy atom. The summed E-state index contributed by atoms with van der Waals surface area (Å²) in [4.78, 5) is 47.2. The number of nitrogens with one attached hydrogen (secondary N) is 4. The third kappa shape index (κ3) is 12.3. The number of rotatable bonds is 21. The molecule has 4 amide bonds. The van der Waals surface area contributed by atoms with E-state index in [-0.39, 0.29) is 36.5 Å². The van der Waals surface area contributed by atoms with E-state index in [0.717, 1.165) is 25.0 Å². The standard InChI is InChI=1S/C26H48N6O7S3/c1-25(2,41-42-26(3,4)21(28)23(35)36)20(27)22(34)30-10-12-39-14-13-38-11-9-29-18(33)8-6-5-7-17-19-16(15-40-17)31-24(37)32-19/h16-17,19-21H,5-15,27-28H2,1-4H3,(H,29,33)(H,30,34)(H,35,36)(H2,31,32,37)/t16-,17?,19-,20+,21-/m1/s1. The van der Waals surface area contributed by atoms with Gasteiger partial charge in [-0.3, -0.25) is 14.4 Å². The highest BCUT2D eigenvalue weighted by atomic mass is 33.1. The Labute approximate surface area is 260 Å². The first-order valence-corrected chi connectivity index (χ1v) is 17.4. The quantitative estimate of drug-likeness (QED) is 0.0519. The predicted molar refractivity (Wildman–Crippen MR) is 169 cm³/mol. The van der Waals surface area contributed by atoms with Crippen LogP contribution in [0, 0.1) is 0 Å². The molecule has 0 aromatic carbocycles. The summed E-state index contributed by atoms with van der Waals surface area (Å²) in [5.41, 5.74) is 11.9. The summed E-state index contributed by atoms with van der Waals surface area (Å²) in [6.45, 7) is 9.26. The van der Waals surface area contributed by atoms with E-state index in [0.29, 0.717) is 44.6 Å². The highest BCUT2D eigenvalue weighted by Gasteiger charge is 2.42. The number of fused-ring (bicyclic) bond motifs is 1. The minimum absolute atomic E-state index is 0.00399. The molecule has 0 saturated carbocycles. The maximum Gasteiger partial charge on any atom is 0.321 e. The number of amides is 4. The van der Waals surface area contributed by atoms with E-state index < -0.39 is 27.5 Å². The van der Waals surface area contributed by atoms with Crippen molar-refractivity contribution >= 4 is 57.2 Å². The normalized spacial score (nSPS) is 21.7. The summed E-state index contributed by atoms with van der Waals surface area (Å²) in [5.74, 6) is -0.462. The van der Waals surface area contributed by atoms with Gasteiger partial charge in [-0.05, 0) is 40.5 Å². The molecule has 2 saturated heterocycles. The molecular formula is C26H48N6O7S3. The highest BCUT2D eigenvalue weighted by Crippen LogP contribution is 2.45. The molecule has 0 aromatic heterocycles. The van der Waals surface area contributed by atoms with Crippen LogP contribution in [-0.4, -0.2) is 113 Å². The molecule has 2 aliphatic rings. The van der Waals surface area contributed by atoms with Gasteiger partial charge in [0.15, 0.2) is 0 Å². The van der Waals surface area contributed by atoms with E-state index in [1.165, 1.54) is 21.6 Å². The lowest BCUT2D eigenvalue weighted by Gasteiger charge is -2.34. The van der Waals surface area contributed by atoms with Crippen molar-refractivity contribution < 1.29 is 33.8 Å². The zero-order valence-corrected chi connectivity index (χ0v) is 27.4.